The lowest BCUT2D eigenvalue weighted by Gasteiger charge is -2.31. The Balaban J connectivity index is 2.24. The Labute approximate surface area is 121 Å². The third-order valence-corrected chi connectivity index (χ3v) is 3.72. The van der Waals surface area contributed by atoms with E-state index in [-0.39, 0.29) is 12.7 Å². The molecule has 4 nitrogen and oxygen atoms in total. The van der Waals surface area contributed by atoms with E-state index in [9.17, 15) is 5.11 Å². The average Bonchev–Trinajstić information content (AvgIpc) is 2.87. The molecule has 0 spiro atoms. The van der Waals surface area contributed by atoms with Gasteiger partial charge in [0.1, 0.15) is 5.75 Å². The Morgan fingerprint density at radius 1 is 1.30 bits per heavy atom. The molecule has 0 radical (unpaired) electrons. The molecule has 1 aliphatic carbocycles. The van der Waals surface area contributed by atoms with Crippen LogP contribution in [0.3, 0.4) is 0 Å². The normalized spacial score (nSPS) is 15.8. The van der Waals surface area contributed by atoms with Crippen molar-refractivity contribution in [1.29, 1.82) is 0 Å². The first-order chi connectivity index (χ1) is 9.60. The van der Waals surface area contributed by atoms with Crippen molar-refractivity contribution in [2.24, 2.45) is 0 Å². The van der Waals surface area contributed by atoms with Crippen LogP contribution in [-0.4, -0.2) is 30.4 Å². The zero-order valence-electron chi connectivity index (χ0n) is 12.5. The molecule has 0 unspecified atom stereocenters. The van der Waals surface area contributed by atoms with E-state index in [0.717, 1.165) is 11.4 Å². The molecule has 1 aliphatic rings. The minimum absolute atomic E-state index is 0.127. The number of anilines is 2. The number of ether oxygens (including phenoxy) is 1. The largest absolute Gasteiger partial charge is 0.491 e. The highest BCUT2D eigenvalue weighted by atomic mass is 16.5. The second-order valence-corrected chi connectivity index (χ2v) is 5.78. The highest BCUT2D eigenvalue weighted by molar-refractivity contribution is 5.61. The Hall–Kier alpha value is -1.42. The van der Waals surface area contributed by atoms with Crippen molar-refractivity contribution in [2.45, 2.75) is 51.7 Å². The summed E-state index contributed by atoms with van der Waals surface area (Å²) in [5.74, 6) is 0.802. The molecule has 1 aromatic carbocycles. The van der Waals surface area contributed by atoms with Gasteiger partial charge in [0.15, 0.2) is 0 Å². The SMILES string of the molecule is CC(C)Oc1cc(N)cc(N(CCO)C2CCCC2)c1. The highest BCUT2D eigenvalue weighted by Crippen LogP contribution is 2.32. The second-order valence-electron chi connectivity index (χ2n) is 5.78. The van der Waals surface area contributed by atoms with Crippen LogP contribution in [0.1, 0.15) is 39.5 Å². The van der Waals surface area contributed by atoms with Gasteiger partial charge in [0, 0.05) is 36.1 Å². The molecule has 1 aromatic rings. The summed E-state index contributed by atoms with van der Waals surface area (Å²) in [5, 5.41) is 9.34. The summed E-state index contributed by atoms with van der Waals surface area (Å²) in [4.78, 5) is 2.27. The number of rotatable bonds is 6. The first-order valence-corrected chi connectivity index (χ1v) is 7.55. The summed E-state index contributed by atoms with van der Waals surface area (Å²) in [6, 6.07) is 6.37. The lowest BCUT2D eigenvalue weighted by Crippen LogP contribution is -2.35. The molecule has 0 aromatic heterocycles. The van der Waals surface area contributed by atoms with Crippen LogP contribution in [0.4, 0.5) is 11.4 Å². The smallest absolute Gasteiger partial charge is 0.123 e. The van der Waals surface area contributed by atoms with E-state index in [0.29, 0.717) is 18.3 Å². The minimum Gasteiger partial charge on any atom is -0.491 e. The second kappa shape index (κ2) is 6.84. The number of aliphatic hydroxyl groups excluding tert-OH is 1. The zero-order valence-corrected chi connectivity index (χ0v) is 12.5. The summed E-state index contributed by atoms with van der Waals surface area (Å²) in [5.41, 5.74) is 7.76. The van der Waals surface area contributed by atoms with Gasteiger partial charge in [-0.3, -0.25) is 0 Å². The fourth-order valence-corrected chi connectivity index (χ4v) is 2.96. The van der Waals surface area contributed by atoms with Gasteiger partial charge in [-0.1, -0.05) is 12.8 Å². The standard InChI is InChI=1S/C16H26N2O2/c1-12(2)20-16-10-13(17)9-15(11-16)18(7-8-19)14-5-3-4-6-14/h9-12,14,19H,3-8,17H2,1-2H3. The van der Waals surface area contributed by atoms with Crippen molar-refractivity contribution < 1.29 is 9.84 Å². The molecule has 0 atom stereocenters. The predicted molar refractivity (Wildman–Crippen MR) is 83.3 cm³/mol. The van der Waals surface area contributed by atoms with Gasteiger partial charge in [0.2, 0.25) is 0 Å². The molecule has 20 heavy (non-hydrogen) atoms. The van der Waals surface area contributed by atoms with Gasteiger partial charge in [-0.25, -0.2) is 0 Å². The summed E-state index contributed by atoms with van der Waals surface area (Å²) in [7, 11) is 0. The van der Waals surface area contributed by atoms with Crippen molar-refractivity contribution in [1.82, 2.24) is 0 Å². The molecular weight excluding hydrogens is 252 g/mol. The van der Waals surface area contributed by atoms with Crippen LogP contribution in [0.25, 0.3) is 0 Å². The number of nitrogens with two attached hydrogens (primary N) is 1. The van der Waals surface area contributed by atoms with Crippen LogP contribution in [0.15, 0.2) is 18.2 Å². The number of hydrogen-bond donors (Lipinski definition) is 2. The molecule has 0 saturated heterocycles. The number of nitrogen functional groups attached to an aromatic ring is 1. The monoisotopic (exact) mass is 278 g/mol. The molecule has 0 bridgehead atoms. The van der Waals surface area contributed by atoms with Gasteiger partial charge in [-0.05, 0) is 32.8 Å². The molecule has 112 valence electrons. The van der Waals surface area contributed by atoms with Gasteiger partial charge < -0.3 is 20.5 Å². The first kappa shape index (κ1) is 15.0. The molecule has 2 rings (SSSR count). The van der Waals surface area contributed by atoms with Crippen LogP contribution in [0, 0.1) is 0 Å². The quantitative estimate of drug-likeness (QED) is 0.786. The summed E-state index contributed by atoms with van der Waals surface area (Å²) >= 11 is 0. The lowest BCUT2D eigenvalue weighted by molar-refractivity contribution is 0.242. The van der Waals surface area contributed by atoms with Crippen molar-refractivity contribution in [3.8, 4) is 5.75 Å². The van der Waals surface area contributed by atoms with Crippen molar-refractivity contribution >= 4 is 11.4 Å². The number of nitrogens with zero attached hydrogens (tertiary/aromatic N) is 1. The molecule has 0 heterocycles. The number of aliphatic hydroxyl groups is 1. The van der Waals surface area contributed by atoms with Gasteiger partial charge in [0.05, 0.1) is 12.7 Å². The third-order valence-electron chi connectivity index (χ3n) is 3.72. The number of hydrogen-bond acceptors (Lipinski definition) is 4. The first-order valence-electron chi connectivity index (χ1n) is 7.55. The maximum Gasteiger partial charge on any atom is 0.123 e. The van der Waals surface area contributed by atoms with Crippen molar-refractivity contribution in [3.63, 3.8) is 0 Å². The lowest BCUT2D eigenvalue weighted by atomic mass is 10.1. The zero-order chi connectivity index (χ0) is 14.5. The van der Waals surface area contributed by atoms with Crippen LogP contribution in [0.2, 0.25) is 0 Å². The van der Waals surface area contributed by atoms with Crippen molar-refractivity contribution in [2.75, 3.05) is 23.8 Å². The molecule has 1 saturated carbocycles. The van der Waals surface area contributed by atoms with E-state index in [2.05, 4.69) is 4.90 Å². The molecule has 0 amide bonds. The molecule has 1 fully saturated rings. The fraction of sp³-hybridized carbons (Fsp3) is 0.625. The van der Waals surface area contributed by atoms with E-state index in [1.54, 1.807) is 0 Å². The minimum atomic E-state index is 0.127. The Kier molecular flexibility index (Phi) is 5.12. The van der Waals surface area contributed by atoms with Crippen LogP contribution in [-0.2, 0) is 0 Å². The summed E-state index contributed by atoms with van der Waals surface area (Å²) < 4.78 is 5.76. The summed E-state index contributed by atoms with van der Waals surface area (Å²) in [6.07, 6.45) is 5.04. The van der Waals surface area contributed by atoms with Gasteiger partial charge in [-0.15, -0.1) is 0 Å². The highest BCUT2D eigenvalue weighted by Gasteiger charge is 2.23. The van der Waals surface area contributed by atoms with E-state index in [1.807, 2.05) is 32.0 Å². The van der Waals surface area contributed by atoms with Crippen molar-refractivity contribution in [3.05, 3.63) is 18.2 Å². The Bertz CT molecular complexity index is 428. The van der Waals surface area contributed by atoms with Crippen LogP contribution in [0.5, 0.6) is 5.75 Å². The maximum atomic E-state index is 9.34. The van der Waals surface area contributed by atoms with E-state index < -0.39 is 0 Å². The van der Waals surface area contributed by atoms with Gasteiger partial charge >= 0.3 is 0 Å². The molecule has 4 heteroatoms. The predicted octanol–water partition coefficient (Wildman–Crippen LogP) is 2.80. The molecule has 3 N–H and O–H groups in total. The fourth-order valence-electron chi connectivity index (χ4n) is 2.96. The molecule has 0 aliphatic heterocycles. The van der Waals surface area contributed by atoms with E-state index in [1.165, 1.54) is 25.7 Å². The van der Waals surface area contributed by atoms with Crippen LogP contribution >= 0.6 is 0 Å². The topological polar surface area (TPSA) is 58.7 Å². The van der Waals surface area contributed by atoms with Gasteiger partial charge in [-0.2, -0.15) is 0 Å². The summed E-state index contributed by atoms with van der Waals surface area (Å²) in [6.45, 7) is 4.82. The average molecular weight is 278 g/mol. The Morgan fingerprint density at radius 3 is 2.60 bits per heavy atom. The van der Waals surface area contributed by atoms with E-state index >= 15 is 0 Å². The van der Waals surface area contributed by atoms with Gasteiger partial charge in [0.25, 0.3) is 0 Å². The number of benzene rings is 1. The Morgan fingerprint density at radius 2 is 2.00 bits per heavy atom. The maximum absolute atomic E-state index is 9.34. The van der Waals surface area contributed by atoms with Crippen LogP contribution < -0.4 is 15.4 Å². The third kappa shape index (κ3) is 3.79. The molecular formula is C16H26N2O2. The van der Waals surface area contributed by atoms with E-state index in [4.69, 9.17) is 10.5 Å².